The molecule has 6 atom stereocenters. The fourth-order valence-electron chi connectivity index (χ4n) is 8.61. The molecule has 4 N–H and O–H groups in total. The molecule has 0 spiro atoms. The minimum absolute atomic E-state index is 0.0996. The maximum Gasteiger partial charge on any atom is 0.407 e. The number of carbonyl (C=O) groups excluding carboxylic acids is 4. The van der Waals surface area contributed by atoms with E-state index in [0.29, 0.717) is 18.3 Å². The summed E-state index contributed by atoms with van der Waals surface area (Å²) < 4.78 is 9.56. The van der Waals surface area contributed by atoms with Crippen molar-refractivity contribution in [2.75, 3.05) is 20.8 Å². The number of piperidine rings is 1. The zero-order valence-electron chi connectivity index (χ0n) is 33.9. The molecule has 0 radical (unpaired) electrons. The molecule has 14 nitrogen and oxygen atoms in total. The summed E-state index contributed by atoms with van der Waals surface area (Å²) in [6.07, 6.45) is 6.90. The Kier molecular flexibility index (Phi) is 11.9. The number of amides is 4. The molecule has 58 heavy (non-hydrogen) atoms. The van der Waals surface area contributed by atoms with Gasteiger partial charge in [-0.25, -0.2) is 19.6 Å². The summed E-state index contributed by atoms with van der Waals surface area (Å²) in [7, 11) is 2.59. The van der Waals surface area contributed by atoms with Gasteiger partial charge in [-0.05, 0) is 85.3 Å². The first-order valence-electron chi connectivity index (χ1n) is 20.1. The van der Waals surface area contributed by atoms with Crippen LogP contribution in [0.5, 0.6) is 0 Å². The second kappa shape index (κ2) is 17.2. The predicted octanol–water partition coefficient (Wildman–Crippen LogP) is 6.34. The van der Waals surface area contributed by atoms with E-state index in [1.807, 2.05) is 87.3 Å². The number of ether oxygens (including phenoxy) is 2. The van der Waals surface area contributed by atoms with Crippen LogP contribution in [-0.4, -0.2) is 92.6 Å². The second-order valence-corrected chi connectivity index (χ2v) is 16.1. The Hall–Kier alpha value is -6.10. The van der Waals surface area contributed by atoms with Gasteiger partial charge in [0.1, 0.15) is 23.7 Å². The van der Waals surface area contributed by atoms with Crippen LogP contribution in [0.15, 0.2) is 60.9 Å². The standard InChI is InChI=1S/C44H52N8O6/c1-25(2)36(49-43(55)57-5)41(53)51-21-7-8-35(51)39-45-23-33(47-39)29-15-11-27(12-16-29)9-10-28-13-17-30(18-14-28)34-24-46-40(48-34)38-31-19-20-32(22-31)52(38)42(54)37(26(3)4)50-44(56)58-6/h11-18,23-26,31-32,35-38H,7-8,19-22H2,1-6H3,(H,45,47)(H,46,48)(H,49,55)(H,50,56)/t31-,32?,35-,36-,37-,38-/m0/s1. The minimum Gasteiger partial charge on any atom is -0.453 e. The van der Waals surface area contributed by atoms with E-state index in [0.717, 1.165) is 71.6 Å². The van der Waals surface area contributed by atoms with Gasteiger partial charge in [0.15, 0.2) is 0 Å². The zero-order valence-corrected chi connectivity index (χ0v) is 33.9. The number of methoxy groups -OCH3 is 2. The Labute approximate surface area is 338 Å². The van der Waals surface area contributed by atoms with Crippen molar-refractivity contribution in [3.05, 3.63) is 83.7 Å². The fraction of sp³-hybridized carbons (Fsp3) is 0.455. The third-order valence-corrected chi connectivity index (χ3v) is 11.7. The average Bonchev–Trinajstić information content (AvgIpc) is 4.09. The van der Waals surface area contributed by atoms with E-state index >= 15 is 0 Å². The highest BCUT2D eigenvalue weighted by Crippen LogP contribution is 2.50. The van der Waals surface area contributed by atoms with E-state index in [9.17, 15) is 19.2 Å². The van der Waals surface area contributed by atoms with Crippen LogP contribution >= 0.6 is 0 Å². The van der Waals surface area contributed by atoms with Crippen LogP contribution in [0.25, 0.3) is 22.5 Å². The first kappa shape index (κ1) is 40.1. The molecule has 3 fully saturated rings. The molecule has 4 aromatic rings. The lowest BCUT2D eigenvalue weighted by atomic mass is 9.95. The lowest BCUT2D eigenvalue weighted by Gasteiger charge is -2.37. The third kappa shape index (κ3) is 8.30. The van der Waals surface area contributed by atoms with Gasteiger partial charge >= 0.3 is 12.2 Å². The van der Waals surface area contributed by atoms with Crippen molar-refractivity contribution in [2.45, 2.75) is 90.0 Å². The van der Waals surface area contributed by atoms with Crippen LogP contribution in [0.3, 0.4) is 0 Å². The van der Waals surface area contributed by atoms with Crippen molar-refractivity contribution in [2.24, 2.45) is 17.8 Å². The number of hydrogen-bond donors (Lipinski definition) is 4. The van der Waals surface area contributed by atoms with Crippen LogP contribution in [0.1, 0.15) is 94.7 Å². The molecular weight excluding hydrogens is 737 g/mol. The smallest absolute Gasteiger partial charge is 0.407 e. The van der Waals surface area contributed by atoms with E-state index in [4.69, 9.17) is 14.5 Å². The van der Waals surface area contributed by atoms with Crippen LogP contribution in [0, 0.1) is 29.6 Å². The van der Waals surface area contributed by atoms with E-state index in [1.165, 1.54) is 14.2 Å². The molecule has 2 bridgehead atoms. The number of aromatic nitrogens is 4. The molecular formula is C44H52N8O6. The van der Waals surface area contributed by atoms with Crippen LogP contribution < -0.4 is 10.6 Å². The molecule has 4 heterocycles. The van der Waals surface area contributed by atoms with E-state index in [-0.39, 0.29) is 41.8 Å². The third-order valence-electron chi connectivity index (χ3n) is 11.7. The topological polar surface area (TPSA) is 175 Å². The van der Waals surface area contributed by atoms with Crippen LogP contribution in [0.4, 0.5) is 9.59 Å². The van der Waals surface area contributed by atoms with Gasteiger partial charge in [0, 0.05) is 23.7 Å². The number of fused-ring (bicyclic) bond motifs is 2. The molecule has 2 aliphatic heterocycles. The van der Waals surface area contributed by atoms with Crippen molar-refractivity contribution in [1.29, 1.82) is 0 Å². The van der Waals surface area contributed by atoms with Crippen LogP contribution in [-0.2, 0) is 19.1 Å². The van der Waals surface area contributed by atoms with Gasteiger partial charge in [0.25, 0.3) is 0 Å². The number of alkyl carbamates (subject to hydrolysis) is 2. The number of likely N-dealkylation sites (tertiary alicyclic amines) is 2. The van der Waals surface area contributed by atoms with Gasteiger partial charge in [-0.1, -0.05) is 63.8 Å². The maximum absolute atomic E-state index is 13.9. The van der Waals surface area contributed by atoms with Gasteiger partial charge in [-0.15, -0.1) is 0 Å². The fourth-order valence-corrected chi connectivity index (χ4v) is 8.61. The molecule has 7 rings (SSSR count). The van der Waals surface area contributed by atoms with Crippen LogP contribution in [0.2, 0.25) is 0 Å². The average molecular weight is 789 g/mol. The quantitative estimate of drug-likeness (QED) is 0.135. The largest absolute Gasteiger partial charge is 0.453 e. The minimum atomic E-state index is -0.690. The summed E-state index contributed by atoms with van der Waals surface area (Å²) in [5.41, 5.74) is 5.34. The number of carbonyl (C=O) groups is 4. The number of nitrogens with one attached hydrogen (secondary N) is 4. The summed E-state index contributed by atoms with van der Waals surface area (Å²) in [6, 6.07) is 14.3. The van der Waals surface area contributed by atoms with Gasteiger partial charge in [0.2, 0.25) is 11.8 Å². The van der Waals surface area contributed by atoms with Gasteiger partial charge in [-0.2, -0.15) is 0 Å². The molecule has 14 heteroatoms. The molecule has 2 aromatic carbocycles. The van der Waals surface area contributed by atoms with E-state index in [1.54, 1.807) is 11.1 Å². The highest BCUT2D eigenvalue weighted by molar-refractivity contribution is 5.87. The highest BCUT2D eigenvalue weighted by atomic mass is 16.5. The van der Waals surface area contributed by atoms with E-state index < -0.39 is 24.3 Å². The number of rotatable bonds is 10. The monoisotopic (exact) mass is 788 g/mol. The van der Waals surface area contributed by atoms with Crippen molar-refractivity contribution >= 4 is 24.0 Å². The maximum atomic E-state index is 13.9. The molecule has 4 amide bonds. The van der Waals surface area contributed by atoms with Crippen molar-refractivity contribution < 1.29 is 28.7 Å². The first-order chi connectivity index (χ1) is 27.9. The number of imidazole rings is 2. The number of hydrogen-bond acceptors (Lipinski definition) is 8. The number of benzene rings is 2. The summed E-state index contributed by atoms with van der Waals surface area (Å²) in [5, 5.41) is 5.44. The van der Waals surface area contributed by atoms with Crippen molar-refractivity contribution in [3.8, 4) is 34.4 Å². The molecule has 304 valence electrons. The molecule has 1 unspecified atom stereocenters. The highest BCUT2D eigenvalue weighted by Gasteiger charge is 2.51. The number of aromatic amines is 2. The summed E-state index contributed by atoms with van der Waals surface area (Å²) in [6.45, 7) is 8.23. The Bertz CT molecular complexity index is 2180. The van der Waals surface area contributed by atoms with Gasteiger partial charge in [0.05, 0.1) is 50.1 Å². The lowest BCUT2D eigenvalue weighted by molar-refractivity contribution is -0.139. The molecule has 1 aliphatic carbocycles. The SMILES string of the molecule is COC(=O)N[C@H](C(=O)N1CCC[C@H]1c1ncc(-c2ccc(C#Cc3ccc(-c4cnc([C@@H]5[C@H]6CCC(C6)N5C(=O)[C@@H](NC(=O)OC)C(C)C)[nH]4)cc3)cc2)[nH]1)C(C)C. The molecule has 2 saturated heterocycles. The van der Waals surface area contributed by atoms with Gasteiger partial charge in [-0.3, -0.25) is 9.59 Å². The van der Waals surface area contributed by atoms with Crippen molar-refractivity contribution in [3.63, 3.8) is 0 Å². The molecule has 3 aliphatic rings. The Morgan fingerprint density at radius 3 is 1.78 bits per heavy atom. The first-order valence-corrected chi connectivity index (χ1v) is 20.1. The lowest BCUT2D eigenvalue weighted by Crippen LogP contribution is -2.54. The zero-order chi connectivity index (χ0) is 41.1. The Balaban J connectivity index is 0.990. The second-order valence-electron chi connectivity index (χ2n) is 16.1. The predicted molar refractivity (Wildman–Crippen MR) is 217 cm³/mol. The Morgan fingerprint density at radius 2 is 1.24 bits per heavy atom. The number of nitrogens with zero attached hydrogens (tertiary/aromatic N) is 4. The van der Waals surface area contributed by atoms with Gasteiger partial charge < -0.3 is 39.9 Å². The van der Waals surface area contributed by atoms with Crippen molar-refractivity contribution in [1.82, 2.24) is 40.4 Å². The molecule has 1 saturated carbocycles. The van der Waals surface area contributed by atoms with E-state index in [2.05, 4.69) is 37.4 Å². The summed E-state index contributed by atoms with van der Waals surface area (Å²) in [5.74, 6) is 7.85. The molecule has 2 aromatic heterocycles. The number of H-pyrrole nitrogens is 2. The Morgan fingerprint density at radius 1 is 0.724 bits per heavy atom. The summed E-state index contributed by atoms with van der Waals surface area (Å²) >= 11 is 0. The normalized spacial score (nSPS) is 20.8. The summed E-state index contributed by atoms with van der Waals surface area (Å²) in [4.78, 5) is 71.5.